The van der Waals surface area contributed by atoms with E-state index >= 15 is 0 Å². The second-order valence-electron chi connectivity index (χ2n) is 4.09. The van der Waals surface area contributed by atoms with Crippen molar-refractivity contribution in [3.63, 3.8) is 0 Å². The van der Waals surface area contributed by atoms with Gasteiger partial charge in [-0.15, -0.1) is 11.3 Å². The Kier molecular flexibility index (Phi) is 3.24. The molecule has 2 heterocycles. The van der Waals surface area contributed by atoms with Gasteiger partial charge in [0.15, 0.2) is 0 Å². The summed E-state index contributed by atoms with van der Waals surface area (Å²) in [5.74, 6) is -0.678. The molecule has 88 valence electrons. The van der Waals surface area contributed by atoms with Crippen LogP contribution < -0.4 is 0 Å². The summed E-state index contributed by atoms with van der Waals surface area (Å²) in [6.45, 7) is 4.00. The van der Waals surface area contributed by atoms with Crippen molar-refractivity contribution in [3.8, 4) is 10.4 Å². The molecule has 0 radical (unpaired) electrons. The molecule has 0 aliphatic heterocycles. The molecule has 0 saturated carbocycles. The van der Waals surface area contributed by atoms with E-state index in [2.05, 4.69) is 4.98 Å². The Morgan fingerprint density at radius 1 is 1.47 bits per heavy atom. The maximum atomic E-state index is 11.3. The molecule has 0 fully saturated rings. The van der Waals surface area contributed by atoms with Gasteiger partial charge >= 0.3 is 5.97 Å². The van der Waals surface area contributed by atoms with Crippen LogP contribution in [0.1, 0.15) is 35.8 Å². The smallest absolute Gasteiger partial charge is 0.336 e. The van der Waals surface area contributed by atoms with Crippen molar-refractivity contribution >= 4 is 17.3 Å². The van der Waals surface area contributed by atoms with E-state index in [9.17, 15) is 9.90 Å². The summed E-state index contributed by atoms with van der Waals surface area (Å²) < 4.78 is 0. The van der Waals surface area contributed by atoms with Crippen molar-refractivity contribution in [2.24, 2.45) is 0 Å². The van der Waals surface area contributed by atoms with Crippen LogP contribution in [0.25, 0.3) is 10.4 Å². The van der Waals surface area contributed by atoms with Gasteiger partial charge in [-0.1, -0.05) is 19.9 Å². The average Bonchev–Trinajstić information content (AvgIpc) is 2.81. The van der Waals surface area contributed by atoms with E-state index in [1.54, 1.807) is 12.3 Å². The topological polar surface area (TPSA) is 50.2 Å². The van der Waals surface area contributed by atoms with Gasteiger partial charge in [0.05, 0.1) is 5.56 Å². The molecular weight excluding hydrogens is 234 g/mol. The molecule has 0 bridgehead atoms. The molecular formula is C13H13NO2S. The lowest BCUT2D eigenvalue weighted by Crippen LogP contribution is -2.03. The Balaban J connectivity index is 2.57. The van der Waals surface area contributed by atoms with Crippen molar-refractivity contribution in [1.82, 2.24) is 4.98 Å². The van der Waals surface area contributed by atoms with Gasteiger partial charge in [-0.05, 0) is 23.4 Å². The van der Waals surface area contributed by atoms with E-state index in [-0.39, 0.29) is 5.92 Å². The number of aromatic carboxylic acids is 1. The first-order valence-corrected chi connectivity index (χ1v) is 6.24. The van der Waals surface area contributed by atoms with E-state index in [1.165, 1.54) is 11.3 Å². The van der Waals surface area contributed by atoms with Crippen molar-refractivity contribution in [2.75, 3.05) is 0 Å². The lowest BCUT2D eigenvalue weighted by molar-refractivity contribution is 0.0697. The van der Waals surface area contributed by atoms with Crippen LogP contribution in [0.4, 0.5) is 0 Å². The Labute approximate surface area is 104 Å². The van der Waals surface area contributed by atoms with Gasteiger partial charge < -0.3 is 5.11 Å². The van der Waals surface area contributed by atoms with Gasteiger partial charge in [0, 0.05) is 22.3 Å². The van der Waals surface area contributed by atoms with Crippen LogP contribution in [0.15, 0.2) is 29.8 Å². The molecule has 0 spiro atoms. The highest BCUT2D eigenvalue weighted by Crippen LogP contribution is 2.29. The number of hydrogen-bond donors (Lipinski definition) is 1. The van der Waals surface area contributed by atoms with Crippen molar-refractivity contribution < 1.29 is 9.90 Å². The van der Waals surface area contributed by atoms with Gasteiger partial charge in [0.2, 0.25) is 0 Å². The van der Waals surface area contributed by atoms with Crippen molar-refractivity contribution in [1.29, 1.82) is 0 Å². The number of nitrogens with zero attached hydrogens (tertiary/aromatic N) is 1. The highest BCUT2D eigenvalue weighted by atomic mass is 32.1. The minimum Gasteiger partial charge on any atom is -0.478 e. The predicted molar refractivity (Wildman–Crippen MR) is 68.6 cm³/mol. The Hall–Kier alpha value is -1.68. The van der Waals surface area contributed by atoms with Crippen LogP contribution in [0.2, 0.25) is 0 Å². The van der Waals surface area contributed by atoms with Crippen LogP contribution in [0.3, 0.4) is 0 Å². The quantitative estimate of drug-likeness (QED) is 0.901. The largest absolute Gasteiger partial charge is 0.478 e. The second kappa shape index (κ2) is 4.67. The van der Waals surface area contributed by atoms with Gasteiger partial charge in [-0.2, -0.15) is 0 Å². The van der Waals surface area contributed by atoms with Crippen LogP contribution in [0.5, 0.6) is 0 Å². The fraction of sp³-hybridized carbons (Fsp3) is 0.231. The van der Waals surface area contributed by atoms with Crippen LogP contribution in [-0.2, 0) is 0 Å². The number of hydrogen-bond acceptors (Lipinski definition) is 3. The maximum absolute atomic E-state index is 11.3. The summed E-state index contributed by atoms with van der Waals surface area (Å²) in [6, 6.07) is 5.48. The Morgan fingerprint density at radius 2 is 2.24 bits per heavy atom. The highest BCUT2D eigenvalue weighted by molar-refractivity contribution is 7.13. The molecule has 0 amide bonds. The number of carbonyl (C=O) groups is 1. The highest BCUT2D eigenvalue weighted by Gasteiger charge is 2.15. The zero-order valence-corrected chi connectivity index (χ0v) is 10.5. The van der Waals surface area contributed by atoms with Crippen molar-refractivity contribution in [3.05, 3.63) is 41.0 Å². The van der Waals surface area contributed by atoms with E-state index in [0.717, 1.165) is 10.6 Å². The Bertz CT molecular complexity index is 532. The fourth-order valence-corrected chi connectivity index (χ4v) is 2.34. The van der Waals surface area contributed by atoms with Crippen LogP contribution in [0, 0.1) is 0 Å². The molecule has 1 N–H and O–H groups in total. The third kappa shape index (κ3) is 2.36. The number of thiophene rings is 1. The van der Waals surface area contributed by atoms with E-state index in [4.69, 9.17) is 0 Å². The summed E-state index contributed by atoms with van der Waals surface area (Å²) in [7, 11) is 0. The standard InChI is InChI=1S/C13H13NO2S/c1-8(2)11-6-9(13(15)16)10(7-14-11)12-4-3-5-17-12/h3-8H,1-2H3,(H,15,16). The second-order valence-corrected chi connectivity index (χ2v) is 5.04. The summed E-state index contributed by atoms with van der Waals surface area (Å²) in [4.78, 5) is 16.5. The predicted octanol–water partition coefficient (Wildman–Crippen LogP) is 3.63. The number of carboxylic acids is 1. The number of carboxylic acid groups (broad SMARTS) is 1. The minimum atomic E-state index is -0.905. The van der Waals surface area contributed by atoms with Crippen molar-refractivity contribution in [2.45, 2.75) is 19.8 Å². The summed E-state index contributed by atoms with van der Waals surface area (Å²) in [6.07, 6.45) is 1.66. The molecule has 0 aromatic carbocycles. The van der Waals surface area contributed by atoms with Crippen LogP contribution in [-0.4, -0.2) is 16.1 Å². The molecule has 0 aliphatic carbocycles. The third-order valence-corrected chi connectivity index (χ3v) is 3.44. The zero-order chi connectivity index (χ0) is 12.4. The fourth-order valence-electron chi connectivity index (χ4n) is 1.59. The zero-order valence-electron chi connectivity index (χ0n) is 9.68. The third-order valence-electron chi connectivity index (χ3n) is 2.53. The van der Waals surface area contributed by atoms with Gasteiger partial charge in [-0.3, -0.25) is 4.98 Å². The summed E-state index contributed by atoms with van der Waals surface area (Å²) in [5.41, 5.74) is 1.82. The number of rotatable bonds is 3. The first-order valence-electron chi connectivity index (χ1n) is 5.36. The molecule has 17 heavy (non-hydrogen) atoms. The molecule has 2 rings (SSSR count). The molecule has 0 aliphatic rings. The molecule has 0 unspecified atom stereocenters. The molecule has 2 aromatic rings. The summed E-state index contributed by atoms with van der Waals surface area (Å²) >= 11 is 1.52. The Morgan fingerprint density at radius 3 is 2.76 bits per heavy atom. The van der Waals surface area contributed by atoms with E-state index < -0.39 is 5.97 Å². The first-order chi connectivity index (χ1) is 8.09. The normalized spacial score (nSPS) is 10.8. The average molecular weight is 247 g/mol. The van der Waals surface area contributed by atoms with E-state index in [1.807, 2.05) is 31.4 Å². The SMILES string of the molecule is CC(C)c1cc(C(=O)O)c(-c2cccs2)cn1. The first kappa shape index (κ1) is 11.8. The minimum absolute atomic E-state index is 0.227. The molecule has 0 saturated heterocycles. The van der Waals surface area contributed by atoms with Gasteiger partial charge in [0.25, 0.3) is 0 Å². The van der Waals surface area contributed by atoms with Gasteiger partial charge in [-0.25, -0.2) is 4.79 Å². The molecule has 0 atom stereocenters. The van der Waals surface area contributed by atoms with Gasteiger partial charge in [0.1, 0.15) is 0 Å². The maximum Gasteiger partial charge on any atom is 0.336 e. The lowest BCUT2D eigenvalue weighted by atomic mass is 10.0. The molecule has 4 heteroatoms. The molecule has 2 aromatic heterocycles. The summed E-state index contributed by atoms with van der Waals surface area (Å²) in [5, 5.41) is 11.2. The monoisotopic (exact) mass is 247 g/mol. The van der Waals surface area contributed by atoms with Crippen LogP contribution >= 0.6 is 11.3 Å². The lowest BCUT2D eigenvalue weighted by Gasteiger charge is -2.08. The number of aromatic nitrogens is 1. The number of pyridine rings is 1. The molecule has 3 nitrogen and oxygen atoms in total. The van der Waals surface area contributed by atoms with E-state index in [0.29, 0.717) is 11.1 Å².